The summed E-state index contributed by atoms with van der Waals surface area (Å²) in [5.41, 5.74) is 1.90. The highest BCUT2D eigenvalue weighted by Gasteiger charge is 2.13. The maximum Gasteiger partial charge on any atom is 0.222 e. The molecule has 0 saturated heterocycles. The van der Waals surface area contributed by atoms with Gasteiger partial charge in [0, 0.05) is 23.6 Å². The zero-order valence-corrected chi connectivity index (χ0v) is 17.9. The second-order valence-corrected chi connectivity index (χ2v) is 7.38. The lowest BCUT2D eigenvalue weighted by Gasteiger charge is -2.15. The molecule has 0 saturated carbocycles. The van der Waals surface area contributed by atoms with Crippen LogP contribution in [0.15, 0.2) is 48.5 Å². The van der Waals surface area contributed by atoms with Gasteiger partial charge in [0.05, 0.1) is 12.6 Å². The van der Waals surface area contributed by atoms with Gasteiger partial charge < -0.3 is 10.1 Å². The number of aromatic nitrogens is 3. The molecule has 0 aliphatic heterocycles. The number of H-pyrrole nitrogens is 1. The fourth-order valence-electron chi connectivity index (χ4n) is 2.97. The molecule has 152 valence electrons. The third kappa shape index (κ3) is 5.46. The number of rotatable bonds is 8. The number of halogens is 1. The molecule has 0 spiro atoms. The Morgan fingerprint density at radius 2 is 1.93 bits per heavy atom. The summed E-state index contributed by atoms with van der Waals surface area (Å²) in [6, 6.07) is 15.0. The molecule has 0 bridgehead atoms. The van der Waals surface area contributed by atoms with Crippen molar-refractivity contribution in [2.24, 2.45) is 0 Å². The maximum absolute atomic E-state index is 12.4. The van der Waals surface area contributed by atoms with Crippen molar-refractivity contribution in [3.8, 4) is 17.1 Å². The van der Waals surface area contributed by atoms with E-state index in [4.69, 9.17) is 28.6 Å². The van der Waals surface area contributed by atoms with E-state index in [9.17, 15) is 4.79 Å². The molecule has 2 N–H and O–H groups in total. The van der Waals surface area contributed by atoms with Crippen LogP contribution in [0.5, 0.6) is 5.75 Å². The molecule has 1 heterocycles. The largest absolute Gasteiger partial charge is 0.494 e. The second-order valence-electron chi connectivity index (χ2n) is 6.55. The van der Waals surface area contributed by atoms with E-state index in [1.807, 2.05) is 66.9 Å². The van der Waals surface area contributed by atoms with E-state index in [1.54, 1.807) is 0 Å². The molecule has 1 unspecified atom stereocenters. The number of amides is 1. The summed E-state index contributed by atoms with van der Waals surface area (Å²) in [6.45, 7) is 4.92. The molecule has 1 atom stereocenters. The predicted molar refractivity (Wildman–Crippen MR) is 117 cm³/mol. The van der Waals surface area contributed by atoms with Crippen LogP contribution in [0.25, 0.3) is 11.4 Å². The standard InChI is InChI=1S/C21H23ClN4O2S/c1-3-28-18-10-6-16(7-11-18)20-24-25-21(29)26(20)13-12-19(27)23-14(2)15-4-8-17(22)9-5-15/h4-11,14H,3,12-13H2,1-2H3,(H,23,27)(H,25,29). The highest BCUT2D eigenvalue weighted by Crippen LogP contribution is 2.21. The molecular weight excluding hydrogens is 408 g/mol. The molecule has 0 radical (unpaired) electrons. The predicted octanol–water partition coefficient (Wildman–Crippen LogP) is 4.93. The number of hydrogen-bond acceptors (Lipinski definition) is 4. The van der Waals surface area contributed by atoms with Crippen molar-refractivity contribution in [2.75, 3.05) is 6.61 Å². The number of carbonyl (C=O) groups is 1. The van der Waals surface area contributed by atoms with Crippen LogP contribution in [-0.4, -0.2) is 27.3 Å². The summed E-state index contributed by atoms with van der Waals surface area (Å²) in [6.07, 6.45) is 0.287. The van der Waals surface area contributed by atoms with Crippen LogP contribution >= 0.6 is 23.8 Å². The lowest BCUT2D eigenvalue weighted by atomic mass is 10.1. The maximum atomic E-state index is 12.4. The van der Waals surface area contributed by atoms with E-state index >= 15 is 0 Å². The first kappa shape index (κ1) is 21.1. The number of nitrogens with one attached hydrogen (secondary N) is 2. The molecule has 3 rings (SSSR count). The molecule has 2 aromatic carbocycles. The quantitative estimate of drug-likeness (QED) is 0.497. The minimum absolute atomic E-state index is 0.0619. The fourth-order valence-corrected chi connectivity index (χ4v) is 3.32. The van der Waals surface area contributed by atoms with Gasteiger partial charge in [0.25, 0.3) is 0 Å². The van der Waals surface area contributed by atoms with Crippen LogP contribution in [0, 0.1) is 4.77 Å². The molecular formula is C21H23ClN4O2S. The van der Waals surface area contributed by atoms with Crippen LogP contribution < -0.4 is 10.1 Å². The van der Waals surface area contributed by atoms with Gasteiger partial charge in [-0.25, -0.2) is 0 Å². The van der Waals surface area contributed by atoms with Crippen molar-refractivity contribution in [3.05, 3.63) is 63.9 Å². The minimum Gasteiger partial charge on any atom is -0.494 e. The Bertz CT molecular complexity index is 1010. The van der Waals surface area contributed by atoms with Crippen LogP contribution in [-0.2, 0) is 11.3 Å². The monoisotopic (exact) mass is 430 g/mol. The van der Waals surface area contributed by atoms with Gasteiger partial charge in [-0.05, 0) is 68.0 Å². The van der Waals surface area contributed by atoms with Crippen molar-refractivity contribution in [2.45, 2.75) is 32.9 Å². The molecule has 6 nitrogen and oxygen atoms in total. The van der Waals surface area contributed by atoms with Crippen LogP contribution in [0.1, 0.15) is 31.9 Å². The van der Waals surface area contributed by atoms with Gasteiger partial charge >= 0.3 is 0 Å². The van der Waals surface area contributed by atoms with E-state index in [1.165, 1.54) is 0 Å². The van der Waals surface area contributed by atoms with E-state index in [-0.39, 0.29) is 18.4 Å². The highest BCUT2D eigenvalue weighted by molar-refractivity contribution is 7.71. The van der Waals surface area contributed by atoms with Crippen LogP contribution in [0.2, 0.25) is 5.02 Å². The normalized spacial score (nSPS) is 11.8. The number of hydrogen-bond donors (Lipinski definition) is 2. The fraction of sp³-hybridized carbons (Fsp3) is 0.286. The Kier molecular flexibility index (Phi) is 7.06. The van der Waals surface area contributed by atoms with Gasteiger partial charge in [0.2, 0.25) is 5.91 Å². The zero-order chi connectivity index (χ0) is 20.8. The van der Waals surface area contributed by atoms with Crippen molar-refractivity contribution in [3.63, 3.8) is 0 Å². The Balaban J connectivity index is 1.64. The molecule has 0 aliphatic carbocycles. The molecule has 8 heteroatoms. The molecule has 0 fully saturated rings. The Hall–Kier alpha value is -2.64. The molecule has 1 amide bonds. The smallest absolute Gasteiger partial charge is 0.222 e. The number of ether oxygens (including phenoxy) is 1. The van der Waals surface area contributed by atoms with Gasteiger partial charge in [-0.1, -0.05) is 23.7 Å². The molecule has 29 heavy (non-hydrogen) atoms. The summed E-state index contributed by atoms with van der Waals surface area (Å²) in [5.74, 6) is 1.43. The topological polar surface area (TPSA) is 71.9 Å². The van der Waals surface area contributed by atoms with Crippen molar-refractivity contribution >= 4 is 29.7 Å². The summed E-state index contributed by atoms with van der Waals surface area (Å²) in [5, 5.41) is 10.8. The number of aromatic amines is 1. The Labute approximate surface area is 179 Å². The van der Waals surface area contributed by atoms with Crippen LogP contribution in [0.3, 0.4) is 0 Å². The summed E-state index contributed by atoms with van der Waals surface area (Å²) < 4.78 is 7.79. The van der Waals surface area contributed by atoms with Gasteiger partial charge in [-0.15, -0.1) is 0 Å². The van der Waals surface area contributed by atoms with Gasteiger partial charge in [0.1, 0.15) is 5.75 Å². The van der Waals surface area contributed by atoms with Gasteiger partial charge in [0.15, 0.2) is 10.6 Å². The number of nitrogens with zero attached hydrogens (tertiary/aromatic N) is 2. The van der Waals surface area contributed by atoms with Crippen molar-refractivity contribution in [1.29, 1.82) is 0 Å². The lowest BCUT2D eigenvalue weighted by molar-refractivity contribution is -0.121. The van der Waals surface area contributed by atoms with Crippen molar-refractivity contribution < 1.29 is 9.53 Å². The third-order valence-corrected chi connectivity index (χ3v) is 5.06. The SMILES string of the molecule is CCOc1ccc(-c2n[nH]c(=S)n2CCC(=O)NC(C)c2ccc(Cl)cc2)cc1. The van der Waals surface area contributed by atoms with E-state index in [2.05, 4.69) is 15.5 Å². The van der Waals surface area contributed by atoms with E-state index in [0.29, 0.717) is 28.8 Å². The second kappa shape index (κ2) is 9.71. The lowest BCUT2D eigenvalue weighted by Crippen LogP contribution is -2.27. The minimum atomic E-state index is -0.109. The number of carbonyl (C=O) groups excluding carboxylic acids is 1. The van der Waals surface area contributed by atoms with Crippen LogP contribution in [0.4, 0.5) is 0 Å². The summed E-state index contributed by atoms with van der Waals surface area (Å²) in [4.78, 5) is 12.4. The first-order valence-corrected chi connectivity index (χ1v) is 10.2. The van der Waals surface area contributed by atoms with E-state index < -0.39 is 0 Å². The average Bonchev–Trinajstić information content (AvgIpc) is 3.08. The Morgan fingerprint density at radius 1 is 1.24 bits per heavy atom. The number of benzene rings is 2. The van der Waals surface area contributed by atoms with E-state index in [0.717, 1.165) is 16.9 Å². The average molecular weight is 431 g/mol. The van der Waals surface area contributed by atoms with Crippen molar-refractivity contribution in [1.82, 2.24) is 20.1 Å². The first-order chi connectivity index (χ1) is 14.0. The molecule has 0 aliphatic rings. The summed E-state index contributed by atoms with van der Waals surface area (Å²) >= 11 is 11.3. The third-order valence-electron chi connectivity index (χ3n) is 4.49. The highest BCUT2D eigenvalue weighted by atomic mass is 35.5. The molecule has 3 aromatic rings. The van der Waals surface area contributed by atoms with Gasteiger partial charge in [-0.2, -0.15) is 5.10 Å². The molecule has 1 aromatic heterocycles. The zero-order valence-electron chi connectivity index (χ0n) is 16.3. The Morgan fingerprint density at radius 3 is 2.59 bits per heavy atom. The summed E-state index contributed by atoms with van der Waals surface area (Å²) in [7, 11) is 0. The van der Waals surface area contributed by atoms with Gasteiger partial charge in [-0.3, -0.25) is 14.5 Å². The first-order valence-electron chi connectivity index (χ1n) is 9.41.